The van der Waals surface area contributed by atoms with Gasteiger partial charge in [0.05, 0.1) is 6.42 Å². The molecule has 1 atom stereocenters. The molecule has 0 saturated carbocycles. The predicted molar refractivity (Wildman–Crippen MR) is 35.6 cm³/mol. The smallest absolute Gasteiger partial charge is 0.377 e. The third-order valence-electron chi connectivity index (χ3n) is 1.29. The maximum absolute atomic E-state index is 10.5. The molecule has 0 aromatic rings. The molecule has 0 aromatic heterocycles. The van der Waals surface area contributed by atoms with Crippen molar-refractivity contribution in [1.29, 1.82) is 0 Å². The molecule has 58 valence electrons. The van der Waals surface area contributed by atoms with Gasteiger partial charge in [-0.2, -0.15) is 0 Å². The number of hydrogen-bond donors (Lipinski definition) is 2. The molecule has 1 unspecified atom stereocenters. The van der Waals surface area contributed by atoms with Gasteiger partial charge in [-0.3, -0.25) is 0 Å². The number of aliphatic hydroxyl groups is 2. The van der Waals surface area contributed by atoms with Crippen LogP contribution in [0.2, 0.25) is 0 Å². The van der Waals surface area contributed by atoms with Crippen molar-refractivity contribution in [2.75, 3.05) is 0 Å². The fourth-order valence-corrected chi connectivity index (χ4v) is 0.743. The Labute approximate surface area is 63.1 Å². The van der Waals surface area contributed by atoms with Crippen LogP contribution in [0.1, 0.15) is 6.42 Å². The van der Waals surface area contributed by atoms with Crippen molar-refractivity contribution in [3.05, 3.63) is 11.5 Å². The Morgan fingerprint density at radius 1 is 1.64 bits per heavy atom. The molecule has 1 rings (SSSR count). The summed E-state index contributed by atoms with van der Waals surface area (Å²) in [5.41, 5.74) is 0. The number of cyclic esters (lactones) is 1. The molecule has 0 radical (unpaired) electrons. The third-order valence-corrected chi connectivity index (χ3v) is 1.29. The minimum absolute atomic E-state index is 0.0711. The SMILES string of the molecule is C#CCC1OC(=O)C(O)=C1O. The van der Waals surface area contributed by atoms with Crippen molar-refractivity contribution in [2.24, 2.45) is 0 Å². The zero-order valence-electron chi connectivity index (χ0n) is 5.57. The molecule has 1 aliphatic heterocycles. The lowest BCUT2D eigenvalue weighted by molar-refractivity contribution is -0.142. The molecule has 0 amide bonds. The number of ether oxygens (including phenoxy) is 1. The zero-order chi connectivity index (χ0) is 8.43. The van der Waals surface area contributed by atoms with E-state index in [4.69, 9.17) is 16.6 Å². The summed E-state index contributed by atoms with van der Waals surface area (Å²) in [6.45, 7) is 0. The number of esters is 1. The van der Waals surface area contributed by atoms with E-state index in [1.165, 1.54) is 0 Å². The maximum Gasteiger partial charge on any atom is 0.377 e. The molecule has 0 bridgehead atoms. The normalized spacial score (nSPS) is 23.2. The fourth-order valence-electron chi connectivity index (χ4n) is 0.743. The van der Waals surface area contributed by atoms with E-state index in [1.807, 2.05) is 0 Å². The highest BCUT2D eigenvalue weighted by Crippen LogP contribution is 2.20. The van der Waals surface area contributed by atoms with Gasteiger partial charge in [-0.1, -0.05) is 0 Å². The number of aliphatic hydroxyl groups excluding tert-OH is 2. The van der Waals surface area contributed by atoms with Crippen molar-refractivity contribution in [1.82, 2.24) is 0 Å². The third kappa shape index (κ3) is 1.13. The van der Waals surface area contributed by atoms with E-state index < -0.39 is 23.6 Å². The lowest BCUT2D eigenvalue weighted by Crippen LogP contribution is -2.10. The first-order chi connectivity index (χ1) is 5.16. The molecule has 0 spiro atoms. The minimum atomic E-state index is -0.928. The van der Waals surface area contributed by atoms with Crippen molar-refractivity contribution in [2.45, 2.75) is 12.5 Å². The summed E-state index contributed by atoms with van der Waals surface area (Å²) in [7, 11) is 0. The van der Waals surface area contributed by atoms with Crippen LogP contribution in [-0.4, -0.2) is 22.3 Å². The van der Waals surface area contributed by atoms with Crippen LogP contribution in [0.15, 0.2) is 11.5 Å². The van der Waals surface area contributed by atoms with Crippen LogP contribution in [0.4, 0.5) is 0 Å². The Bertz CT molecular complexity index is 258. The Morgan fingerprint density at radius 3 is 2.64 bits per heavy atom. The average molecular weight is 154 g/mol. The number of carbonyl (C=O) groups excluding carboxylic acids is 1. The van der Waals surface area contributed by atoms with Gasteiger partial charge in [-0.05, 0) is 0 Å². The molecule has 1 heterocycles. The van der Waals surface area contributed by atoms with Crippen LogP contribution < -0.4 is 0 Å². The molecule has 4 heteroatoms. The summed E-state index contributed by atoms with van der Waals surface area (Å²) in [4.78, 5) is 10.5. The van der Waals surface area contributed by atoms with Gasteiger partial charge in [-0.25, -0.2) is 4.79 Å². The highest BCUT2D eigenvalue weighted by molar-refractivity contribution is 5.89. The van der Waals surface area contributed by atoms with Gasteiger partial charge >= 0.3 is 5.97 Å². The topological polar surface area (TPSA) is 66.8 Å². The predicted octanol–water partition coefficient (Wildman–Crippen LogP) is 0.263. The second kappa shape index (κ2) is 2.54. The Morgan fingerprint density at radius 2 is 2.27 bits per heavy atom. The van der Waals surface area contributed by atoms with Crippen LogP contribution in [0.3, 0.4) is 0 Å². The average Bonchev–Trinajstić information content (AvgIpc) is 2.19. The second-order valence-electron chi connectivity index (χ2n) is 2.04. The van der Waals surface area contributed by atoms with Crippen LogP contribution in [0.25, 0.3) is 0 Å². The second-order valence-corrected chi connectivity index (χ2v) is 2.04. The summed E-state index contributed by atoms with van der Waals surface area (Å²) in [5.74, 6) is 0.0468. The molecule has 11 heavy (non-hydrogen) atoms. The van der Waals surface area contributed by atoms with E-state index in [0.29, 0.717) is 0 Å². The maximum atomic E-state index is 10.5. The van der Waals surface area contributed by atoms with Crippen molar-refractivity contribution in [3.63, 3.8) is 0 Å². The molecule has 0 saturated heterocycles. The number of hydrogen-bond acceptors (Lipinski definition) is 4. The van der Waals surface area contributed by atoms with Gasteiger partial charge < -0.3 is 14.9 Å². The molecule has 4 nitrogen and oxygen atoms in total. The van der Waals surface area contributed by atoms with Gasteiger partial charge in [0, 0.05) is 0 Å². The molecular weight excluding hydrogens is 148 g/mol. The van der Waals surface area contributed by atoms with Gasteiger partial charge in [0.1, 0.15) is 0 Å². The summed E-state index contributed by atoms with van der Waals surface area (Å²) < 4.78 is 4.47. The van der Waals surface area contributed by atoms with E-state index >= 15 is 0 Å². The first kappa shape index (κ1) is 7.48. The van der Waals surface area contributed by atoms with Gasteiger partial charge in [0.2, 0.25) is 5.76 Å². The number of rotatable bonds is 1. The lowest BCUT2D eigenvalue weighted by atomic mass is 10.2. The first-order valence-electron chi connectivity index (χ1n) is 2.93. The lowest BCUT2D eigenvalue weighted by Gasteiger charge is -2.03. The molecule has 1 aliphatic rings. The summed E-state index contributed by atoms with van der Waals surface area (Å²) in [6.07, 6.45) is 4.11. The highest BCUT2D eigenvalue weighted by Gasteiger charge is 2.33. The summed E-state index contributed by atoms with van der Waals surface area (Å²) >= 11 is 0. The Balaban J connectivity index is 2.79. The minimum Gasteiger partial charge on any atom is -0.505 e. The first-order valence-corrected chi connectivity index (χ1v) is 2.93. The van der Waals surface area contributed by atoms with Crippen LogP contribution in [0, 0.1) is 12.3 Å². The van der Waals surface area contributed by atoms with E-state index in [2.05, 4.69) is 10.7 Å². The van der Waals surface area contributed by atoms with E-state index in [9.17, 15) is 4.79 Å². The Hall–Kier alpha value is -1.63. The molecule has 2 N–H and O–H groups in total. The van der Waals surface area contributed by atoms with E-state index in [1.54, 1.807) is 0 Å². The Kier molecular flexibility index (Phi) is 1.73. The fraction of sp³-hybridized carbons (Fsp3) is 0.286. The van der Waals surface area contributed by atoms with Crippen molar-refractivity contribution in [3.8, 4) is 12.3 Å². The summed E-state index contributed by atoms with van der Waals surface area (Å²) in [5, 5.41) is 17.7. The van der Waals surface area contributed by atoms with Gasteiger partial charge in [0.15, 0.2) is 11.9 Å². The van der Waals surface area contributed by atoms with Crippen LogP contribution in [-0.2, 0) is 9.53 Å². The number of carbonyl (C=O) groups is 1. The quantitative estimate of drug-likeness (QED) is 0.420. The van der Waals surface area contributed by atoms with Crippen molar-refractivity contribution >= 4 is 5.97 Å². The highest BCUT2D eigenvalue weighted by atomic mass is 16.6. The van der Waals surface area contributed by atoms with Gasteiger partial charge in [0.25, 0.3) is 0 Å². The largest absolute Gasteiger partial charge is 0.505 e. The van der Waals surface area contributed by atoms with Crippen LogP contribution >= 0.6 is 0 Å². The van der Waals surface area contributed by atoms with E-state index in [-0.39, 0.29) is 6.42 Å². The summed E-state index contributed by atoms with van der Waals surface area (Å²) in [6, 6.07) is 0. The molecule has 0 aromatic carbocycles. The van der Waals surface area contributed by atoms with E-state index in [0.717, 1.165) is 0 Å². The van der Waals surface area contributed by atoms with Gasteiger partial charge in [-0.15, -0.1) is 12.3 Å². The number of terminal acetylenes is 1. The monoisotopic (exact) mass is 154 g/mol. The molecule has 0 aliphatic carbocycles. The van der Waals surface area contributed by atoms with Crippen molar-refractivity contribution < 1.29 is 19.7 Å². The molecular formula is C7H6O4. The zero-order valence-corrected chi connectivity index (χ0v) is 5.57. The molecule has 0 fully saturated rings. The standard InChI is InChI=1S/C7H6O4/c1-2-3-4-5(8)6(9)7(10)11-4/h1,4,8-9H,3H2. The van der Waals surface area contributed by atoms with Crippen LogP contribution in [0.5, 0.6) is 0 Å².